The smallest absolute Gasteiger partial charge is 0.137 e. The normalized spacial score (nSPS) is 10.6. The summed E-state index contributed by atoms with van der Waals surface area (Å²) in [7, 11) is 1.61. The molecule has 0 unspecified atom stereocenters. The Bertz CT molecular complexity index is 501. The van der Waals surface area contributed by atoms with E-state index in [-0.39, 0.29) is 0 Å². The maximum Gasteiger partial charge on any atom is 0.137 e. The van der Waals surface area contributed by atoms with Crippen molar-refractivity contribution in [2.24, 2.45) is 0 Å². The van der Waals surface area contributed by atoms with Crippen LogP contribution in [0.4, 0.5) is 0 Å². The third-order valence-corrected chi connectivity index (χ3v) is 3.05. The van der Waals surface area contributed by atoms with Gasteiger partial charge in [0, 0.05) is 19.3 Å². The fraction of sp³-hybridized carbons (Fsp3) is 0.385. The zero-order chi connectivity index (χ0) is 13.5. The SMILES string of the molecule is COc1ccc(CNCCCn2ccnn2)cc1Cl. The highest BCUT2D eigenvalue weighted by atomic mass is 35.5. The Morgan fingerprint density at radius 1 is 1.42 bits per heavy atom. The van der Waals surface area contributed by atoms with E-state index < -0.39 is 0 Å². The largest absolute Gasteiger partial charge is 0.495 e. The zero-order valence-electron chi connectivity index (χ0n) is 10.8. The van der Waals surface area contributed by atoms with Gasteiger partial charge in [0.2, 0.25) is 0 Å². The van der Waals surface area contributed by atoms with Crippen molar-refractivity contribution in [2.45, 2.75) is 19.5 Å². The van der Waals surface area contributed by atoms with E-state index >= 15 is 0 Å². The molecule has 0 aliphatic heterocycles. The second-order valence-corrected chi connectivity index (χ2v) is 4.57. The van der Waals surface area contributed by atoms with E-state index in [9.17, 15) is 0 Å². The first-order valence-corrected chi connectivity index (χ1v) is 6.54. The third-order valence-electron chi connectivity index (χ3n) is 2.76. The number of hydrogen-bond acceptors (Lipinski definition) is 4. The van der Waals surface area contributed by atoms with Crippen molar-refractivity contribution in [1.82, 2.24) is 20.3 Å². The average Bonchev–Trinajstić information content (AvgIpc) is 2.92. The van der Waals surface area contributed by atoms with Crippen LogP contribution >= 0.6 is 11.6 Å². The number of aromatic nitrogens is 3. The Morgan fingerprint density at radius 3 is 3.00 bits per heavy atom. The highest BCUT2D eigenvalue weighted by Crippen LogP contribution is 2.24. The van der Waals surface area contributed by atoms with E-state index in [0.717, 1.165) is 31.6 Å². The van der Waals surface area contributed by atoms with Crippen molar-refractivity contribution in [2.75, 3.05) is 13.7 Å². The minimum atomic E-state index is 0.643. The number of benzene rings is 1. The average molecular weight is 281 g/mol. The summed E-state index contributed by atoms with van der Waals surface area (Å²) in [5, 5.41) is 11.7. The molecule has 2 aromatic rings. The van der Waals surface area contributed by atoms with Gasteiger partial charge in [0.05, 0.1) is 18.3 Å². The minimum absolute atomic E-state index is 0.643. The molecule has 0 radical (unpaired) electrons. The second-order valence-electron chi connectivity index (χ2n) is 4.17. The van der Waals surface area contributed by atoms with Crippen molar-refractivity contribution in [3.63, 3.8) is 0 Å². The summed E-state index contributed by atoms with van der Waals surface area (Å²) >= 11 is 6.07. The van der Waals surface area contributed by atoms with Crippen molar-refractivity contribution in [3.8, 4) is 5.75 Å². The van der Waals surface area contributed by atoms with Crippen LogP contribution in [-0.4, -0.2) is 28.6 Å². The van der Waals surface area contributed by atoms with E-state index in [1.165, 1.54) is 0 Å². The van der Waals surface area contributed by atoms with Gasteiger partial charge < -0.3 is 10.1 Å². The number of methoxy groups -OCH3 is 1. The molecule has 0 saturated carbocycles. The number of halogens is 1. The summed E-state index contributed by atoms with van der Waals surface area (Å²) in [5.41, 5.74) is 1.14. The first-order valence-electron chi connectivity index (χ1n) is 6.17. The van der Waals surface area contributed by atoms with Crippen molar-refractivity contribution >= 4 is 11.6 Å². The number of nitrogens with zero attached hydrogens (tertiary/aromatic N) is 3. The summed E-state index contributed by atoms with van der Waals surface area (Å²) in [6.45, 7) is 2.58. The molecule has 1 N–H and O–H groups in total. The monoisotopic (exact) mass is 280 g/mol. The van der Waals surface area contributed by atoms with E-state index in [1.54, 1.807) is 13.3 Å². The predicted octanol–water partition coefficient (Wildman–Crippen LogP) is 2.12. The molecule has 0 saturated heterocycles. The van der Waals surface area contributed by atoms with Crippen LogP contribution in [0.2, 0.25) is 5.02 Å². The van der Waals surface area contributed by atoms with Crippen LogP contribution < -0.4 is 10.1 Å². The van der Waals surface area contributed by atoms with Gasteiger partial charge >= 0.3 is 0 Å². The number of nitrogens with one attached hydrogen (secondary N) is 1. The van der Waals surface area contributed by atoms with Crippen LogP contribution in [0.1, 0.15) is 12.0 Å². The lowest BCUT2D eigenvalue weighted by Crippen LogP contribution is -2.16. The summed E-state index contributed by atoms with van der Waals surface area (Å²) in [6.07, 6.45) is 4.56. The zero-order valence-corrected chi connectivity index (χ0v) is 11.6. The Hall–Kier alpha value is -1.59. The summed E-state index contributed by atoms with van der Waals surface area (Å²) < 4.78 is 6.94. The fourth-order valence-corrected chi connectivity index (χ4v) is 2.05. The molecule has 5 nitrogen and oxygen atoms in total. The number of hydrogen-bond donors (Lipinski definition) is 1. The molecule has 1 aromatic carbocycles. The summed E-state index contributed by atoms with van der Waals surface area (Å²) in [5.74, 6) is 0.705. The van der Waals surface area contributed by atoms with Crippen molar-refractivity contribution < 1.29 is 4.74 Å². The quantitative estimate of drug-likeness (QED) is 0.790. The lowest BCUT2D eigenvalue weighted by molar-refractivity contribution is 0.415. The molecule has 0 spiro atoms. The highest BCUT2D eigenvalue weighted by Gasteiger charge is 2.01. The maximum absolute atomic E-state index is 6.07. The van der Waals surface area contributed by atoms with Crippen LogP contribution in [0.25, 0.3) is 0 Å². The highest BCUT2D eigenvalue weighted by molar-refractivity contribution is 6.32. The minimum Gasteiger partial charge on any atom is -0.495 e. The first-order chi connectivity index (χ1) is 9.29. The number of ether oxygens (including phenoxy) is 1. The summed E-state index contributed by atoms with van der Waals surface area (Å²) in [4.78, 5) is 0. The summed E-state index contributed by atoms with van der Waals surface area (Å²) in [6, 6.07) is 5.81. The molecule has 1 aromatic heterocycles. The van der Waals surface area contributed by atoms with Gasteiger partial charge in [-0.1, -0.05) is 22.9 Å². The predicted molar refractivity (Wildman–Crippen MR) is 74.3 cm³/mol. The molecule has 2 rings (SSSR count). The van der Waals surface area contributed by atoms with Crippen LogP contribution in [0, 0.1) is 0 Å². The molecule has 1 heterocycles. The molecule has 0 atom stereocenters. The standard InChI is InChI=1S/C13H17ClN4O/c1-19-13-4-3-11(9-12(13)14)10-15-5-2-7-18-8-6-16-17-18/h3-4,6,8-9,15H,2,5,7,10H2,1H3. The van der Waals surface area contributed by atoms with E-state index in [4.69, 9.17) is 16.3 Å². The molecular formula is C13H17ClN4O. The number of rotatable bonds is 7. The molecule has 0 amide bonds. The van der Waals surface area contributed by atoms with Gasteiger partial charge in [0.15, 0.2) is 0 Å². The van der Waals surface area contributed by atoms with Crippen LogP contribution in [0.3, 0.4) is 0 Å². The van der Waals surface area contributed by atoms with Crippen LogP contribution in [0.5, 0.6) is 5.75 Å². The van der Waals surface area contributed by atoms with Gasteiger partial charge in [-0.15, -0.1) is 5.10 Å². The molecule has 102 valence electrons. The first kappa shape index (κ1) is 13.8. The van der Waals surface area contributed by atoms with Gasteiger partial charge in [-0.2, -0.15) is 0 Å². The van der Waals surface area contributed by atoms with E-state index in [1.807, 2.05) is 29.1 Å². The molecule has 0 aliphatic rings. The molecular weight excluding hydrogens is 264 g/mol. The van der Waals surface area contributed by atoms with Crippen LogP contribution in [0.15, 0.2) is 30.6 Å². The van der Waals surface area contributed by atoms with E-state index in [0.29, 0.717) is 10.8 Å². The van der Waals surface area contributed by atoms with Crippen molar-refractivity contribution in [1.29, 1.82) is 0 Å². The lowest BCUT2D eigenvalue weighted by atomic mass is 10.2. The molecule has 6 heteroatoms. The van der Waals surface area contributed by atoms with Gasteiger partial charge in [-0.25, -0.2) is 0 Å². The van der Waals surface area contributed by atoms with Gasteiger partial charge in [0.1, 0.15) is 5.75 Å². The topological polar surface area (TPSA) is 52.0 Å². The molecule has 0 fully saturated rings. The Labute approximate surface area is 117 Å². The second kappa shape index (κ2) is 7.11. The Balaban J connectivity index is 1.69. The Kier molecular flexibility index (Phi) is 5.18. The molecule has 0 aliphatic carbocycles. The van der Waals surface area contributed by atoms with Gasteiger partial charge in [-0.05, 0) is 30.7 Å². The number of aryl methyl sites for hydroxylation is 1. The van der Waals surface area contributed by atoms with Crippen LogP contribution in [-0.2, 0) is 13.1 Å². The molecule has 0 bridgehead atoms. The van der Waals surface area contributed by atoms with Gasteiger partial charge in [-0.3, -0.25) is 4.68 Å². The van der Waals surface area contributed by atoms with E-state index in [2.05, 4.69) is 15.6 Å². The fourth-order valence-electron chi connectivity index (χ4n) is 1.77. The lowest BCUT2D eigenvalue weighted by Gasteiger charge is -2.07. The van der Waals surface area contributed by atoms with Crippen molar-refractivity contribution in [3.05, 3.63) is 41.2 Å². The Morgan fingerprint density at radius 2 is 2.32 bits per heavy atom. The maximum atomic E-state index is 6.07. The van der Waals surface area contributed by atoms with Gasteiger partial charge in [0.25, 0.3) is 0 Å². The molecule has 19 heavy (non-hydrogen) atoms. The third kappa shape index (κ3) is 4.22.